The smallest absolute Gasteiger partial charge is 0.269 e. The lowest BCUT2D eigenvalue weighted by Gasteiger charge is -2.30. The van der Waals surface area contributed by atoms with Gasteiger partial charge in [0.05, 0.1) is 11.5 Å². The van der Waals surface area contributed by atoms with Gasteiger partial charge in [-0.1, -0.05) is 12.1 Å². The normalized spacial score (nSPS) is 19.9. The molecule has 0 bridgehead atoms. The second kappa shape index (κ2) is 5.14. The maximum Gasteiger partial charge on any atom is 0.269 e. The molecule has 0 saturated carbocycles. The van der Waals surface area contributed by atoms with Crippen LogP contribution < -0.4 is 0 Å². The average molecular weight is 250 g/mol. The summed E-state index contributed by atoms with van der Waals surface area (Å²) >= 11 is 0. The molecule has 18 heavy (non-hydrogen) atoms. The molecule has 1 fully saturated rings. The van der Waals surface area contributed by atoms with Crippen LogP contribution in [0.2, 0.25) is 0 Å². The number of nitro groups is 1. The quantitative estimate of drug-likeness (QED) is 0.599. The summed E-state index contributed by atoms with van der Waals surface area (Å²) in [6.07, 6.45) is -0.433. The van der Waals surface area contributed by atoms with Gasteiger partial charge in [0.15, 0.2) is 0 Å². The fraction of sp³-hybridized carbons (Fsp3) is 0.417. The van der Waals surface area contributed by atoms with Crippen LogP contribution in [0.15, 0.2) is 24.3 Å². The van der Waals surface area contributed by atoms with Crippen LogP contribution >= 0.6 is 0 Å². The molecule has 6 nitrogen and oxygen atoms in total. The van der Waals surface area contributed by atoms with Gasteiger partial charge in [0.2, 0.25) is 0 Å². The standard InChI is InChI=1S/C12H14N2O4/c1-9-12(15)13(5-6-18-9)8-10-3-2-4-11(7-10)14(16)17/h2-4,7,9H,5-6,8H2,1H3. The van der Waals surface area contributed by atoms with E-state index in [2.05, 4.69) is 0 Å². The second-order valence-corrected chi connectivity index (χ2v) is 4.20. The molecule has 1 atom stereocenters. The van der Waals surface area contributed by atoms with E-state index in [1.165, 1.54) is 12.1 Å². The Labute approximate surface area is 104 Å². The van der Waals surface area contributed by atoms with Crippen LogP contribution in [0, 0.1) is 10.1 Å². The molecule has 6 heteroatoms. The fourth-order valence-corrected chi connectivity index (χ4v) is 1.92. The molecule has 1 aliphatic heterocycles. The van der Waals surface area contributed by atoms with E-state index in [9.17, 15) is 14.9 Å². The van der Waals surface area contributed by atoms with Gasteiger partial charge >= 0.3 is 0 Å². The number of morpholine rings is 1. The van der Waals surface area contributed by atoms with E-state index in [-0.39, 0.29) is 11.6 Å². The van der Waals surface area contributed by atoms with Crippen molar-refractivity contribution in [3.63, 3.8) is 0 Å². The molecule has 0 spiro atoms. The highest BCUT2D eigenvalue weighted by Crippen LogP contribution is 2.16. The Morgan fingerprint density at radius 1 is 1.56 bits per heavy atom. The molecule has 0 aliphatic carbocycles. The highest BCUT2D eigenvalue weighted by atomic mass is 16.6. The summed E-state index contributed by atoms with van der Waals surface area (Å²) in [5.41, 5.74) is 0.799. The Bertz CT molecular complexity index is 475. The van der Waals surface area contributed by atoms with Gasteiger partial charge in [0, 0.05) is 25.2 Å². The van der Waals surface area contributed by atoms with Crippen LogP contribution in [-0.2, 0) is 16.1 Å². The summed E-state index contributed by atoms with van der Waals surface area (Å²) in [5, 5.41) is 10.7. The molecule has 1 aromatic rings. The second-order valence-electron chi connectivity index (χ2n) is 4.20. The van der Waals surface area contributed by atoms with Crippen LogP contribution in [0.1, 0.15) is 12.5 Å². The number of carbonyl (C=O) groups excluding carboxylic acids is 1. The number of benzene rings is 1. The highest BCUT2D eigenvalue weighted by molar-refractivity contribution is 5.81. The van der Waals surface area contributed by atoms with Crippen molar-refractivity contribution in [2.45, 2.75) is 19.6 Å². The summed E-state index contributed by atoms with van der Waals surface area (Å²) in [6, 6.07) is 6.34. The Kier molecular flexibility index (Phi) is 3.57. The van der Waals surface area contributed by atoms with Crippen molar-refractivity contribution in [3.8, 4) is 0 Å². The Morgan fingerprint density at radius 2 is 2.33 bits per heavy atom. The lowest BCUT2D eigenvalue weighted by molar-refractivity contribution is -0.384. The van der Waals surface area contributed by atoms with E-state index < -0.39 is 11.0 Å². The number of non-ortho nitro benzene ring substituents is 1. The molecule has 1 unspecified atom stereocenters. The van der Waals surface area contributed by atoms with E-state index >= 15 is 0 Å². The lowest BCUT2D eigenvalue weighted by atomic mass is 10.1. The predicted octanol–water partition coefficient (Wildman–Crippen LogP) is 1.34. The number of amides is 1. The minimum Gasteiger partial charge on any atom is -0.367 e. The van der Waals surface area contributed by atoms with Gasteiger partial charge in [-0.25, -0.2) is 0 Å². The summed E-state index contributed by atoms with van der Waals surface area (Å²) < 4.78 is 5.22. The van der Waals surface area contributed by atoms with E-state index in [1.807, 2.05) is 0 Å². The Hall–Kier alpha value is -1.95. The first-order chi connectivity index (χ1) is 8.58. The molecule has 1 saturated heterocycles. The summed E-state index contributed by atoms with van der Waals surface area (Å²) in [5.74, 6) is -0.0762. The molecule has 0 aromatic heterocycles. The third kappa shape index (κ3) is 2.65. The molecule has 2 rings (SSSR count). The first-order valence-electron chi connectivity index (χ1n) is 5.71. The van der Waals surface area contributed by atoms with Crippen LogP contribution in [0.5, 0.6) is 0 Å². The third-order valence-corrected chi connectivity index (χ3v) is 2.88. The fourth-order valence-electron chi connectivity index (χ4n) is 1.92. The van der Waals surface area contributed by atoms with Crippen molar-refractivity contribution >= 4 is 11.6 Å². The summed E-state index contributed by atoms with van der Waals surface area (Å²) in [6.45, 7) is 3.11. The zero-order valence-corrected chi connectivity index (χ0v) is 10.0. The van der Waals surface area contributed by atoms with Crippen molar-refractivity contribution in [2.24, 2.45) is 0 Å². The van der Waals surface area contributed by atoms with Crippen LogP contribution in [0.25, 0.3) is 0 Å². The van der Waals surface area contributed by atoms with Crippen LogP contribution in [0.3, 0.4) is 0 Å². The largest absolute Gasteiger partial charge is 0.367 e. The number of rotatable bonds is 3. The van der Waals surface area contributed by atoms with Gasteiger partial charge in [-0.2, -0.15) is 0 Å². The topological polar surface area (TPSA) is 72.7 Å². The molecule has 96 valence electrons. The first-order valence-corrected chi connectivity index (χ1v) is 5.71. The molecule has 0 radical (unpaired) electrons. The minimum atomic E-state index is -0.437. The van der Waals surface area contributed by atoms with Gasteiger partial charge in [-0.3, -0.25) is 14.9 Å². The first kappa shape index (κ1) is 12.5. The van der Waals surface area contributed by atoms with Crippen molar-refractivity contribution in [1.82, 2.24) is 4.90 Å². The monoisotopic (exact) mass is 250 g/mol. The van der Waals surface area contributed by atoms with E-state index in [0.29, 0.717) is 19.7 Å². The average Bonchev–Trinajstić information content (AvgIpc) is 2.35. The third-order valence-electron chi connectivity index (χ3n) is 2.88. The maximum atomic E-state index is 11.8. The summed E-state index contributed by atoms with van der Waals surface area (Å²) in [4.78, 5) is 23.7. The lowest BCUT2D eigenvalue weighted by Crippen LogP contribution is -2.45. The van der Waals surface area contributed by atoms with E-state index in [0.717, 1.165) is 5.56 Å². The molecule has 1 aliphatic rings. The van der Waals surface area contributed by atoms with Gasteiger partial charge in [-0.05, 0) is 12.5 Å². The van der Waals surface area contributed by atoms with Crippen LogP contribution in [0.4, 0.5) is 5.69 Å². The molecule has 1 heterocycles. The van der Waals surface area contributed by atoms with Gasteiger partial charge < -0.3 is 9.64 Å². The number of carbonyl (C=O) groups is 1. The number of ether oxygens (including phenoxy) is 1. The van der Waals surface area contributed by atoms with Gasteiger partial charge in [0.25, 0.3) is 11.6 Å². The summed E-state index contributed by atoms with van der Waals surface area (Å²) in [7, 11) is 0. The molecular weight excluding hydrogens is 236 g/mol. The Morgan fingerprint density at radius 3 is 3.06 bits per heavy atom. The number of hydrogen-bond donors (Lipinski definition) is 0. The van der Waals surface area contributed by atoms with Gasteiger partial charge in [-0.15, -0.1) is 0 Å². The predicted molar refractivity (Wildman–Crippen MR) is 63.9 cm³/mol. The molecule has 1 amide bonds. The minimum absolute atomic E-state index is 0.0428. The maximum absolute atomic E-state index is 11.8. The number of nitrogens with zero attached hydrogens (tertiary/aromatic N) is 2. The van der Waals surface area contributed by atoms with Gasteiger partial charge in [0.1, 0.15) is 6.10 Å². The van der Waals surface area contributed by atoms with Crippen LogP contribution in [-0.4, -0.2) is 35.0 Å². The molecule has 1 aromatic carbocycles. The SMILES string of the molecule is CC1OCCN(Cc2cccc([N+](=O)[O-])c2)C1=O. The van der Waals surface area contributed by atoms with Crippen molar-refractivity contribution in [3.05, 3.63) is 39.9 Å². The van der Waals surface area contributed by atoms with Crippen molar-refractivity contribution in [1.29, 1.82) is 0 Å². The number of hydrogen-bond acceptors (Lipinski definition) is 4. The molecular formula is C12H14N2O4. The highest BCUT2D eigenvalue weighted by Gasteiger charge is 2.25. The number of nitro benzene ring substituents is 1. The van der Waals surface area contributed by atoms with Crippen molar-refractivity contribution in [2.75, 3.05) is 13.2 Å². The molecule has 0 N–H and O–H groups in total. The zero-order valence-electron chi connectivity index (χ0n) is 10.0. The van der Waals surface area contributed by atoms with E-state index in [4.69, 9.17) is 4.74 Å². The zero-order chi connectivity index (χ0) is 13.1. The Balaban J connectivity index is 2.11. The van der Waals surface area contributed by atoms with E-state index in [1.54, 1.807) is 24.0 Å². The van der Waals surface area contributed by atoms with Crippen molar-refractivity contribution < 1.29 is 14.5 Å².